The van der Waals surface area contributed by atoms with Gasteiger partial charge in [0, 0.05) is 17.8 Å². The van der Waals surface area contributed by atoms with E-state index in [1.165, 1.54) is 11.3 Å². The van der Waals surface area contributed by atoms with Crippen LogP contribution >= 0.6 is 27.3 Å². The molecule has 1 unspecified atom stereocenters. The average molecular weight is 306 g/mol. The second-order valence-electron chi connectivity index (χ2n) is 4.06. The van der Waals surface area contributed by atoms with Gasteiger partial charge >= 0.3 is 0 Å². The molecular weight excluding hydrogens is 290 g/mol. The predicted octanol–water partition coefficient (Wildman–Crippen LogP) is 2.71. The Labute approximate surface area is 108 Å². The first-order chi connectivity index (χ1) is 7.49. The molecule has 0 aliphatic carbocycles. The number of carbonyl (C=O) groups excluding carboxylic acids is 1. The van der Waals surface area contributed by atoms with Crippen LogP contribution in [0.1, 0.15) is 31.2 Å². The first-order valence-electron chi connectivity index (χ1n) is 5.19. The summed E-state index contributed by atoms with van der Waals surface area (Å²) in [6.45, 7) is 4.26. The van der Waals surface area contributed by atoms with E-state index >= 15 is 0 Å². The SMILES string of the molecule is CC(C)CC(=O)NCC(O)c1ccc(Br)s1. The maximum absolute atomic E-state index is 11.4. The number of halogens is 1. The predicted molar refractivity (Wildman–Crippen MR) is 69.4 cm³/mol. The molecule has 0 fully saturated rings. The Kier molecular flexibility index (Phi) is 5.44. The third-order valence-corrected chi connectivity index (χ3v) is 3.73. The molecule has 0 aromatic carbocycles. The van der Waals surface area contributed by atoms with Crippen LogP contribution in [0.2, 0.25) is 0 Å². The average Bonchev–Trinajstić information content (AvgIpc) is 2.60. The molecule has 0 saturated carbocycles. The monoisotopic (exact) mass is 305 g/mol. The van der Waals surface area contributed by atoms with E-state index in [2.05, 4.69) is 21.2 Å². The molecule has 1 atom stereocenters. The number of nitrogens with one attached hydrogen (secondary N) is 1. The molecule has 0 spiro atoms. The summed E-state index contributed by atoms with van der Waals surface area (Å²) in [6.07, 6.45) is -0.117. The van der Waals surface area contributed by atoms with Crippen LogP contribution in [0.4, 0.5) is 0 Å². The minimum absolute atomic E-state index is 0.00956. The molecule has 0 saturated heterocycles. The lowest BCUT2D eigenvalue weighted by Gasteiger charge is -2.11. The summed E-state index contributed by atoms with van der Waals surface area (Å²) in [5.41, 5.74) is 0. The molecule has 0 aliphatic heterocycles. The molecular formula is C11H16BrNO2S. The van der Waals surface area contributed by atoms with Crippen molar-refractivity contribution in [3.8, 4) is 0 Å². The third kappa shape index (κ3) is 4.63. The summed E-state index contributed by atoms with van der Waals surface area (Å²) in [4.78, 5) is 12.2. The summed E-state index contributed by atoms with van der Waals surface area (Å²) in [5, 5.41) is 12.5. The van der Waals surface area contributed by atoms with Crippen LogP contribution in [0.3, 0.4) is 0 Å². The van der Waals surface area contributed by atoms with Gasteiger partial charge in [0.05, 0.1) is 3.79 Å². The molecule has 1 rings (SSSR count). The Morgan fingerprint density at radius 3 is 2.75 bits per heavy atom. The molecule has 2 N–H and O–H groups in total. The number of amides is 1. The molecule has 16 heavy (non-hydrogen) atoms. The van der Waals surface area contributed by atoms with Crippen molar-refractivity contribution in [2.24, 2.45) is 5.92 Å². The van der Waals surface area contributed by atoms with E-state index in [9.17, 15) is 9.90 Å². The summed E-state index contributed by atoms with van der Waals surface area (Å²) >= 11 is 4.81. The molecule has 3 nitrogen and oxygen atoms in total. The van der Waals surface area contributed by atoms with Gasteiger partial charge in [-0.3, -0.25) is 4.79 Å². The Bertz CT molecular complexity index is 352. The molecule has 90 valence electrons. The fraction of sp³-hybridized carbons (Fsp3) is 0.545. The van der Waals surface area contributed by atoms with Gasteiger partial charge in [0.1, 0.15) is 6.10 Å². The van der Waals surface area contributed by atoms with Gasteiger partial charge in [0.2, 0.25) is 5.91 Å². The second kappa shape index (κ2) is 6.37. The van der Waals surface area contributed by atoms with Crippen LogP contribution in [-0.2, 0) is 4.79 Å². The number of hydrogen-bond donors (Lipinski definition) is 2. The highest BCUT2D eigenvalue weighted by molar-refractivity contribution is 9.11. The first kappa shape index (κ1) is 13.7. The minimum atomic E-state index is -0.618. The lowest BCUT2D eigenvalue weighted by molar-refractivity contribution is -0.122. The van der Waals surface area contributed by atoms with Crippen LogP contribution in [0.25, 0.3) is 0 Å². The molecule has 1 aromatic rings. The number of rotatable bonds is 5. The quantitative estimate of drug-likeness (QED) is 0.879. The highest BCUT2D eigenvalue weighted by atomic mass is 79.9. The zero-order valence-electron chi connectivity index (χ0n) is 9.37. The summed E-state index contributed by atoms with van der Waals surface area (Å²) in [7, 11) is 0. The maximum Gasteiger partial charge on any atom is 0.220 e. The van der Waals surface area contributed by atoms with Crippen LogP contribution < -0.4 is 5.32 Å². The fourth-order valence-electron chi connectivity index (χ4n) is 1.26. The van der Waals surface area contributed by atoms with Crippen molar-refractivity contribution in [1.82, 2.24) is 5.32 Å². The van der Waals surface area contributed by atoms with Crippen molar-refractivity contribution < 1.29 is 9.90 Å². The van der Waals surface area contributed by atoms with Gasteiger partial charge in [-0.25, -0.2) is 0 Å². The van der Waals surface area contributed by atoms with Crippen molar-refractivity contribution in [2.45, 2.75) is 26.4 Å². The number of aliphatic hydroxyl groups is 1. The Balaban J connectivity index is 2.35. The smallest absolute Gasteiger partial charge is 0.220 e. The fourth-order valence-corrected chi connectivity index (χ4v) is 2.67. The van der Waals surface area contributed by atoms with Crippen LogP contribution in [0, 0.1) is 5.92 Å². The van der Waals surface area contributed by atoms with Gasteiger partial charge < -0.3 is 10.4 Å². The standard InChI is InChI=1S/C11H16BrNO2S/c1-7(2)5-11(15)13-6-8(14)9-3-4-10(12)16-9/h3-4,7-8,14H,5-6H2,1-2H3,(H,13,15). The van der Waals surface area contributed by atoms with Gasteiger partial charge in [-0.1, -0.05) is 13.8 Å². The molecule has 1 amide bonds. The summed E-state index contributed by atoms with van der Waals surface area (Å²) < 4.78 is 0.982. The molecule has 0 bridgehead atoms. The number of hydrogen-bond acceptors (Lipinski definition) is 3. The summed E-state index contributed by atoms with van der Waals surface area (Å²) in [6, 6.07) is 3.74. The largest absolute Gasteiger partial charge is 0.386 e. The topological polar surface area (TPSA) is 49.3 Å². The van der Waals surface area contributed by atoms with E-state index in [0.29, 0.717) is 12.3 Å². The van der Waals surface area contributed by atoms with Crippen LogP contribution in [-0.4, -0.2) is 17.6 Å². The number of thiophene rings is 1. The van der Waals surface area contributed by atoms with Crippen molar-refractivity contribution in [3.05, 3.63) is 20.8 Å². The Hall–Kier alpha value is -0.390. The molecule has 0 aliphatic rings. The lowest BCUT2D eigenvalue weighted by atomic mass is 10.1. The van der Waals surface area contributed by atoms with Crippen LogP contribution in [0.5, 0.6) is 0 Å². The maximum atomic E-state index is 11.4. The van der Waals surface area contributed by atoms with E-state index in [0.717, 1.165) is 8.66 Å². The van der Waals surface area contributed by atoms with Crippen molar-refractivity contribution >= 4 is 33.2 Å². The number of aliphatic hydroxyl groups excluding tert-OH is 1. The first-order valence-corrected chi connectivity index (χ1v) is 6.80. The van der Waals surface area contributed by atoms with Gasteiger partial charge in [-0.2, -0.15) is 0 Å². The van der Waals surface area contributed by atoms with E-state index in [1.807, 2.05) is 26.0 Å². The Morgan fingerprint density at radius 1 is 1.56 bits per heavy atom. The zero-order valence-corrected chi connectivity index (χ0v) is 11.8. The molecule has 1 aromatic heterocycles. The highest BCUT2D eigenvalue weighted by Crippen LogP contribution is 2.26. The normalized spacial score (nSPS) is 12.8. The summed E-state index contributed by atoms with van der Waals surface area (Å²) in [5.74, 6) is 0.331. The third-order valence-electron chi connectivity index (χ3n) is 2.01. The van der Waals surface area contributed by atoms with Gasteiger partial charge in [0.25, 0.3) is 0 Å². The van der Waals surface area contributed by atoms with E-state index in [4.69, 9.17) is 0 Å². The zero-order chi connectivity index (χ0) is 12.1. The van der Waals surface area contributed by atoms with Gasteiger partial charge in [0.15, 0.2) is 0 Å². The van der Waals surface area contributed by atoms with Crippen molar-refractivity contribution in [2.75, 3.05) is 6.54 Å². The van der Waals surface area contributed by atoms with E-state index in [-0.39, 0.29) is 12.5 Å². The van der Waals surface area contributed by atoms with Crippen molar-refractivity contribution in [1.29, 1.82) is 0 Å². The van der Waals surface area contributed by atoms with E-state index < -0.39 is 6.10 Å². The van der Waals surface area contributed by atoms with E-state index in [1.54, 1.807) is 0 Å². The second-order valence-corrected chi connectivity index (χ2v) is 6.55. The van der Waals surface area contributed by atoms with Gasteiger partial charge in [-0.15, -0.1) is 11.3 Å². The highest BCUT2D eigenvalue weighted by Gasteiger charge is 2.12. The molecule has 1 heterocycles. The molecule has 0 radical (unpaired) electrons. The molecule has 5 heteroatoms. The van der Waals surface area contributed by atoms with Gasteiger partial charge in [-0.05, 0) is 34.0 Å². The minimum Gasteiger partial charge on any atom is -0.386 e. The number of carbonyl (C=O) groups is 1. The Morgan fingerprint density at radius 2 is 2.25 bits per heavy atom. The van der Waals surface area contributed by atoms with Crippen molar-refractivity contribution in [3.63, 3.8) is 0 Å². The lowest BCUT2D eigenvalue weighted by Crippen LogP contribution is -2.28. The van der Waals surface area contributed by atoms with Crippen LogP contribution in [0.15, 0.2) is 15.9 Å².